The third-order valence-electron chi connectivity index (χ3n) is 1.49. The summed E-state index contributed by atoms with van der Waals surface area (Å²) in [6.45, 7) is 0. The van der Waals surface area contributed by atoms with Gasteiger partial charge in [-0.15, -0.1) is 0 Å². The second-order valence-corrected chi connectivity index (χ2v) is 2.47. The van der Waals surface area contributed by atoms with Crippen molar-refractivity contribution < 1.29 is 30.0 Å². The van der Waals surface area contributed by atoms with E-state index in [0.717, 1.165) is 0 Å². The van der Waals surface area contributed by atoms with E-state index in [0.29, 0.717) is 0 Å². The van der Waals surface area contributed by atoms with Crippen molar-refractivity contribution >= 4 is 12.3 Å². The monoisotopic (exact) mass is 193 g/mol. The molecule has 0 aliphatic heterocycles. The van der Waals surface area contributed by atoms with Crippen molar-refractivity contribution in [3.63, 3.8) is 0 Å². The SMILES string of the molecule is N[C@H](C(=O)O)[C@@H](O)[C@H](O)[C@@H](O)C=O. The number of aldehydes is 1. The first kappa shape index (κ1) is 12.0. The molecule has 76 valence electrons. The van der Waals surface area contributed by atoms with E-state index in [1.807, 2.05) is 0 Å². The largest absolute Gasteiger partial charge is 0.480 e. The minimum atomic E-state index is -1.90. The lowest BCUT2D eigenvalue weighted by Crippen LogP contribution is -2.52. The summed E-state index contributed by atoms with van der Waals surface area (Å²) in [5, 5.41) is 34.9. The number of carboxylic acid groups (broad SMARTS) is 1. The Morgan fingerprint density at radius 3 is 2.00 bits per heavy atom. The third-order valence-corrected chi connectivity index (χ3v) is 1.49. The van der Waals surface area contributed by atoms with Gasteiger partial charge in [0.25, 0.3) is 0 Å². The van der Waals surface area contributed by atoms with Crippen LogP contribution in [0, 0.1) is 0 Å². The molecule has 7 nitrogen and oxygen atoms in total. The van der Waals surface area contributed by atoms with E-state index in [4.69, 9.17) is 26.2 Å². The summed E-state index contributed by atoms with van der Waals surface area (Å²) in [5.74, 6) is -1.54. The van der Waals surface area contributed by atoms with Gasteiger partial charge in [-0.25, -0.2) is 0 Å². The van der Waals surface area contributed by atoms with Crippen LogP contribution in [0.15, 0.2) is 0 Å². The maximum Gasteiger partial charge on any atom is 0.323 e. The molecule has 4 atom stereocenters. The molecule has 0 heterocycles. The van der Waals surface area contributed by atoms with E-state index >= 15 is 0 Å². The van der Waals surface area contributed by atoms with Crippen molar-refractivity contribution in [2.45, 2.75) is 24.4 Å². The molecular weight excluding hydrogens is 182 g/mol. The number of rotatable bonds is 5. The Bertz CT molecular complexity index is 196. The maximum absolute atomic E-state index is 10.2. The fourth-order valence-electron chi connectivity index (χ4n) is 0.641. The lowest BCUT2D eigenvalue weighted by molar-refractivity contribution is -0.147. The molecule has 7 heteroatoms. The van der Waals surface area contributed by atoms with Crippen LogP contribution < -0.4 is 5.73 Å². The molecule has 0 unspecified atom stereocenters. The van der Waals surface area contributed by atoms with Crippen molar-refractivity contribution in [1.29, 1.82) is 0 Å². The fraction of sp³-hybridized carbons (Fsp3) is 0.667. The predicted molar refractivity (Wildman–Crippen MR) is 39.7 cm³/mol. The summed E-state index contributed by atoms with van der Waals surface area (Å²) in [4.78, 5) is 20.1. The summed E-state index contributed by atoms with van der Waals surface area (Å²) in [6.07, 6.45) is -5.66. The van der Waals surface area contributed by atoms with Gasteiger partial charge in [-0.1, -0.05) is 0 Å². The standard InChI is InChI=1S/C6H11NO6/c7-3(6(12)13)5(11)4(10)2(9)1-8/h1-5,9-11H,7H2,(H,12,13)/t2-,3-,4+,5+/m0/s1. The quantitative estimate of drug-likeness (QED) is 0.287. The highest BCUT2D eigenvalue weighted by Crippen LogP contribution is 2.02. The molecule has 0 radical (unpaired) electrons. The van der Waals surface area contributed by atoms with Gasteiger partial charge in [0.05, 0.1) is 0 Å². The van der Waals surface area contributed by atoms with Crippen LogP contribution in [0.4, 0.5) is 0 Å². The molecule has 13 heavy (non-hydrogen) atoms. The summed E-state index contributed by atoms with van der Waals surface area (Å²) in [7, 11) is 0. The Morgan fingerprint density at radius 2 is 1.69 bits per heavy atom. The number of aliphatic hydroxyl groups excluding tert-OH is 3. The van der Waals surface area contributed by atoms with Crippen molar-refractivity contribution in [3.05, 3.63) is 0 Å². The molecule has 0 aromatic heterocycles. The highest BCUT2D eigenvalue weighted by atomic mass is 16.4. The number of carbonyl (C=O) groups is 2. The second kappa shape index (κ2) is 4.87. The number of nitrogens with two attached hydrogens (primary N) is 1. The van der Waals surface area contributed by atoms with Crippen LogP contribution in [0.5, 0.6) is 0 Å². The van der Waals surface area contributed by atoms with Crippen LogP contribution in [0.1, 0.15) is 0 Å². The average molecular weight is 193 g/mol. The van der Waals surface area contributed by atoms with Crippen LogP contribution in [-0.2, 0) is 9.59 Å². The van der Waals surface area contributed by atoms with Crippen molar-refractivity contribution in [2.75, 3.05) is 0 Å². The zero-order chi connectivity index (χ0) is 10.6. The number of carbonyl (C=O) groups excluding carboxylic acids is 1. The molecular formula is C6H11NO6. The van der Waals surface area contributed by atoms with E-state index in [-0.39, 0.29) is 6.29 Å². The van der Waals surface area contributed by atoms with Gasteiger partial charge in [-0.05, 0) is 0 Å². The summed E-state index contributed by atoms with van der Waals surface area (Å²) in [6, 6.07) is -1.75. The van der Waals surface area contributed by atoms with E-state index < -0.39 is 30.3 Å². The van der Waals surface area contributed by atoms with E-state index in [2.05, 4.69) is 0 Å². The van der Waals surface area contributed by atoms with Crippen LogP contribution in [0.3, 0.4) is 0 Å². The highest BCUT2D eigenvalue weighted by Gasteiger charge is 2.32. The number of hydrogen-bond acceptors (Lipinski definition) is 6. The molecule has 0 spiro atoms. The minimum absolute atomic E-state index is 0.0253. The molecule has 0 saturated carbocycles. The molecule has 0 bridgehead atoms. The summed E-state index contributed by atoms with van der Waals surface area (Å²) in [5.41, 5.74) is 4.92. The first-order valence-corrected chi connectivity index (χ1v) is 3.39. The van der Waals surface area contributed by atoms with E-state index in [1.54, 1.807) is 0 Å². The minimum Gasteiger partial charge on any atom is -0.480 e. The smallest absolute Gasteiger partial charge is 0.323 e. The lowest BCUT2D eigenvalue weighted by Gasteiger charge is -2.21. The number of aliphatic carboxylic acids is 1. The molecule has 0 saturated heterocycles. The highest BCUT2D eigenvalue weighted by molar-refractivity contribution is 5.74. The number of carboxylic acids is 1. The first-order valence-electron chi connectivity index (χ1n) is 3.39. The predicted octanol–water partition coefficient (Wildman–Crippen LogP) is -3.32. The molecule has 0 amide bonds. The molecule has 0 fully saturated rings. The Kier molecular flexibility index (Phi) is 4.49. The first-order chi connectivity index (χ1) is 5.91. The van der Waals surface area contributed by atoms with Crippen LogP contribution in [0.25, 0.3) is 0 Å². The number of hydrogen-bond donors (Lipinski definition) is 5. The van der Waals surface area contributed by atoms with E-state index in [9.17, 15) is 9.59 Å². The van der Waals surface area contributed by atoms with Gasteiger partial charge in [0.1, 0.15) is 24.4 Å². The van der Waals surface area contributed by atoms with Gasteiger partial charge in [0.2, 0.25) is 0 Å². The molecule has 0 aliphatic rings. The van der Waals surface area contributed by atoms with Gasteiger partial charge >= 0.3 is 5.97 Å². The Hall–Kier alpha value is -1.02. The van der Waals surface area contributed by atoms with E-state index in [1.165, 1.54) is 0 Å². The van der Waals surface area contributed by atoms with Gasteiger partial charge in [0, 0.05) is 0 Å². The maximum atomic E-state index is 10.2. The van der Waals surface area contributed by atoms with Gasteiger partial charge in [-0.2, -0.15) is 0 Å². The topological polar surface area (TPSA) is 141 Å². The van der Waals surface area contributed by atoms with Gasteiger partial charge in [0.15, 0.2) is 6.29 Å². The van der Waals surface area contributed by atoms with Crippen molar-refractivity contribution in [3.8, 4) is 0 Å². The summed E-state index contributed by atoms with van der Waals surface area (Å²) < 4.78 is 0. The van der Waals surface area contributed by atoms with Crippen LogP contribution >= 0.6 is 0 Å². The van der Waals surface area contributed by atoms with Gasteiger partial charge < -0.3 is 31.0 Å². The second-order valence-electron chi connectivity index (χ2n) is 2.47. The fourth-order valence-corrected chi connectivity index (χ4v) is 0.641. The zero-order valence-electron chi connectivity index (χ0n) is 6.57. The lowest BCUT2D eigenvalue weighted by atomic mass is 10.0. The Morgan fingerprint density at radius 1 is 1.23 bits per heavy atom. The van der Waals surface area contributed by atoms with Crippen molar-refractivity contribution in [2.24, 2.45) is 5.73 Å². The molecule has 0 rings (SSSR count). The van der Waals surface area contributed by atoms with Crippen molar-refractivity contribution in [1.82, 2.24) is 0 Å². The average Bonchev–Trinajstić information content (AvgIpc) is 2.12. The molecule has 6 N–H and O–H groups in total. The Balaban J connectivity index is 4.32. The number of aliphatic hydroxyl groups is 3. The zero-order valence-corrected chi connectivity index (χ0v) is 6.57. The van der Waals surface area contributed by atoms with Gasteiger partial charge in [-0.3, -0.25) is 4.79 Å². The molecule has 0 aromatic rings. The molecule has 0 aliphatic carbocycles. The summed E-state index contributed by atoms with van der Waals surface area (Å²) >= 11 is 0. The van der Waals surface area contributed by atoms with Crippen LogP contribution in [-0.4, -0.2) is 57.0 Å². The Labute approximate surface area is 73.4 Å². The normalized spacial score (nSPS) is 20.0. The van der Waals surface area contributed by atoms with Crippen LogP contribution in [0.2, 0.25) is 0 Å². The molecule has 0 aromatic carbocycles. The third kappa shape index (κ3) is 3.07.